The molecule has 0 aliphatic carbocycles. The maximum absolute atomic E-state index is 4.02. The number of nitrogens with zero attached hydrogens (tertiary/aromatic N) is 1. The highest BCUT2D eigenvalue weighted by molar-refractivity contribution is 7.07. The Morgan fingerprint density at radius 1 is 1.45 bits per heavy atom. The third kappa shape index (κ3) is 3.14. The zero-order chi connectivity index (χ0) is 7.94. The van der Waals surface area contributed by atoms with E-state index in [9.17, 15) is 0 Å². The summed E-state index contributed by atoms with van der Waals surface area (Å²) in [5.74, 6) is 0. The second-order valence-electron chi connectivity index (χ2n) is 2.13. The van der Waals surface area contributed by atoms with Crippen LogP contribution in [0, 0.1) is 0 Å². The van der Waals surface area contributed by atoms with Crippen LogP contribution in [0.2, 0.25) is 0 Å². The van der Waals surface area contributed by atoms with E-state index in [4.69, 9.17) is 0 Å². The maximum Gasteiger partial charge on any atom is 0.0790 e. The van der Waals surface area contributed by atoms with Crippen molar-refractivity contribution in [2.24, 2.45) is 0 Å². The molecule has 0 saturated carbocycles. The third-order valence-corrected chi connectivity index (χ3v) is 1.91. The summed E-state index contributed by atoms with van der Waals surface area (Å²) in [4.78, 5) is 4.02. The first-order valence-corrected chi connectivity index (χ1v) is 4.57. The zero-order valence-electron chi connectivity index (χ0n) is 6.53. The Morgan fingerprint density at radius 3 is 3.18 bits per heavy atom. The molecule has 1 nitrogen and oxygen atoms in total. The first kappa shape index (κ1) is 8.21. The van der Waals surface area contributed by atoms with E-state index in [0.717, 1.165) is 6.42 Å². The summed E-state index contributed by atoms with van der Waals surface area (Å²) < 4.78 is 0. The quantitative estimate of drug-likeness (QED) is 0.623. The van der Waals surface area contributed by atoms with Crippen LogP contribution in [-0.4, -0.2) is 4.98 Å². The molecular weight excluding hydrogens is 154 g/mol. The highest BCUT2D eigenvalue weighted by Crippen LogP contribution is 1.96. The van der Waals surface area contributed by atoms with E-state index in [2.05, 4.69) is 24.0 Å². The Morgan fingerprint density at radius 2 is 2.36 bits per heavy atom. The Kier molecular flexibility index (Phi) is 3.62. The lowest BCUT2D eigenvalue weighted by Gasteiger charge is -1.85. The molecule has 0 saturated heterocycles. The molecule has 0 radical (unpaired) electrons. The van der Waals surface area contributed by atoms with Crippen molar-refractivity contribution in [3.8, 4) is 0 Å². The Balaban J connectivity index is 3.07. The standard InChI is InChI=1S/C9H11NS/c1-2-9-4-3-6-10-8-11-7-5-9/h3-8H,2H2,1H3. The van der Waals surface area contributed by atoms with Crippen molar-refractivity contribution < 1.29 is 0 Å². The molecule has 0 aliphatic rings. The van der Waals surface area contributed by atoms with E-state index in [1.54, 1.807) is 17.5 Å². The van der Waals surface area contributed by atoms with Gasteiger partial charge in [-0.1, -0.05) is 13.0 Å². The molecule has 58 valence electrons. The number of rotatable bonds is 1. The summed E-state index contributed by atoms with van der Waals surface area (Å²) in [7, 11) is 0. The fraction of sp³-hybridized carbons (Fsp3) is 0.222. The van der Waals surface area contributed by atoms with Gasteiger partial charge in [0.1, 0.15) is 0 Å². The number of aryl methyl sites for hydroxylation is 1. The molecule has 0 atom stereocenters. The first-order valence-electron chi connectivity index (χ1n) is 3.63. The van der Waals surface area contributed by atoms with Crippen molar-refractivity contribution in [1.29, 1.82) is 0 Å². The van der Waals surface area contributed by atoms with Crippen molar-refractivity contribution in [2.75, 3.05) is 0 Å². The van der Waals surface area contributed by atoms with Crippen molar-refractivity contribution in [3.05, 3.63) is 40.8 Å². The van der Waals surface area contributed by atoms with Crippen molar-refractivity contribution in [2.45, 2.75) is 13.3 Å². The van der Waals surface area contributed by atoms with E-state index in [-0.39, 0.29) is 0 Å². The number of hydrogen-bond donors (Lipinski definition) is 0. The molecule has 0 unspecified atom stereocenters. The molecule has 0 aromatic carbocycles. The average molecular weight is 165 g/mol. The van der Waals surface area contributed by atoms with E-state index in [1.165, 1.54) is 5.56 Å². The van der Waals surface area contributed by atoms with E-state index >= 15 is 0 Å². The van der Waals surface area contributed by atoms with Gasteiger partial charge in [-0.3, -0.25) is 4.98 Å². The van der Waals surface area contributed by atoms with Crippen LogP contribution in [0.3, 0.4) is 0 Å². The lowest BCUT2D eigenvalue weighted by molar-refractivity contribution is 1.14. The van der Waals surface area contributed by atoms with Gasteiger partial charge >= 0.3 is 0 Å². The van der Waals surface area contributed by atoms with Gasteiger partial charge in [-0.25, -0.2) is 0 Å². The molecule has 0 fully saturated rings. The van der Waals surface area contributed by atoms with E-state index in [1.807, 2.05) is 17.0 Å². The molecular formula is C9H11NS. The highest BCUT2D eigenvalue weighted by Gasteiger charge is 1.78. The highest BCUT2D eigenvalue weighted by atomic mass is 32.1. The minimum atomic E-state index is 1.07. The fourth-order valence-corrected chi connectivity index (χ4v) is 1.20. The average Bonchev–Trinajstić information content (AvgIpc) is 2.16. The number of hydrogen-bond acceptors (Lipinski definition) is 2. The monoisotopic (exact) mass is 165 g/mol. The second kappa shape index (κ2) is 4.85. The van der Waals surface area contributed by atoms with E-state index < -0.39 is 0 Å². The Labute approximate surface area is 71.1 Å². The van der Waals surface area contributed by atoms with Crippen LogP contribution < -0.4 is 0 Å². The lowest BCUT2D eigenvalue weighted by atomic mass is 10.2. The summed E-state index contributed by atoms with van der Waals surface area (Å²) >= 11 is 1.60. The van der Waals surface area contributed by atoms with Crippen LogP contribution in [0.15, 0.2) is 35.3 Å². The number of aromatic nitrogens is 1. The SMILES string of the molecule is CCc1cccncscc1. The largest absolute Gasteiger partial charge is 0.254 e. The van der Waals surface area contributed by atoms with Crippen molar-refractivity contribution in [1.82, 2.24) is 4.98 Å². The van der Waals surface area contributed by atoms with Crippen LogP contribution in [0.5, 0.6) is 0 Å². The molecule has 11 heavy (non-hydrogen) atoms. The van der Waals surface area contributed by atoms with Gasteiger partial charge in [0, 0.05) is 6.20 Å². The van der Waals surface area contributed by atoms with Gasteiger partial charge in [-0.2, -0.15) is 0 Å². The van der Waals surface area contributed by atoms with E-state index in [0.29, 0.717) is 0 Å². The van der Waals surface area contributed by atoms with Gasteiger partial charge < -0.3 is 0 Å². The Hall–Kier alpha value is -0.890. The maximum atomic E-state index is 4.02. The first-order chi connectivity index (χ1) is 5.43. The van der Waals surface area contributed by atoms with Gasteiger partial charge in [0.15, 0.2) is 0 Å². The van der Waals surface area contributed by atoms with Crippen molar-refractivity contribution in [3.63, 3.8) is 0 Å². The topological polar surface area (TPSA) is 12.9 Å². The molecule has 0 spiro atoms. The molecule has 1 aromatic heterocycles. The molecule has 0 aliphatic heterocycles. The van der Waals surface area contributed by atoms with Gasteiger partial charge in [-0.15, -0.1) is 11.3 Å². The molecule has 0 N–H and O–H groups in total. The minimum Gasteiger partial charge on any atom is -0.254 e. The molecule has 1 rings (SSSR count). The molecule has 1 aromatic rings. The normalized spacial score (nSPS) is 8.82. The van der Waals surface area contributed by atoms with Crippen LogP contribution in [0.1, 0.15) is 12.5 Å². The summed E-state index contributed by atoms with van der Waals surface area (Å²) in [5.41, 5.74) is 3.15. The second-order valence-corrected chi connectivity index (χ2v) is 2.89. The minimum absolute atomic E-state index is 1.07. The summed E-state index contributed by atoms with van der Waals surface area (Å²) in [6.45, 7) is 2.15. The molecule has 2 heteroatoms. The van der Waals surface area contributed by atoms with Gasteiger partial charge in [0.2, 0.25) is 0 Å². The smallest absolute Gasteiger partial charge is 0.0790 e. The van der Waals surface area contributed by atoms with Gasteiger partial charge in [0.25, 0.3) is 0 Å². The summed E-state index contributed by atoms with van der Waals surface area (Å²) in [5, 5.41) is 2.05. The summed E-state index contributed by atoms with van der Waals surface area (Å²) in [6.07, 6.45) is 2.87. The van der Waals surface area contributed by atoms with Crippen LogP contribution in [0.25, 0.3) is 0 Å². The van der Waals surface area contributed by atoms with Crippen LogP contribution >= 0.6 is 11.3 Å². The predicted molar refractivity (Wildman–Crippen MR) is 49.1 cm³/mol. The molecule has 0 amide bonds. The lowest BCUT2D eigenvalue weighted by Crippen LogP contribution is -1.71. The molecule has 1 heterocycles. The predicted octanol–water partition coefficient (Wildman–Crippen LogP) is 2.83. The zero-order valence-corrected chi connectivity index (χ0v) is 7.34. The fourth-order valence-electron chi connectivity index (χ4n) is 0.740. The van der Waals surface area contributed by atoms with Crippen LogP contribution in [0.4, 0.5) is 0 Å². The molecule has 0 bridgehead atoms. The van der Waals surface area contributed by atoms with Gasteiger partial charge in [0.05, 0.1) is 5.51 Å². The Bertz CT molecular complexity index is 229. The third-order valence-electron chi connectivity index (χ3n) is 1.37. The van der Waals surface area contributed by atoms with Gasteiger partial charge in [-0.05, 0) is 29.5 Å². The summed E-state index contributed by atoms with van der Waals surface area (Å²) in [6, 6.07) is 6.16. The van der Waals surface area contributed by atoms with Crippen LogP contribution in [-0.2, 0) is 6.42 Å². The van der Waals surface area contributed by atoms with Crippen molar-refractivity contribution >= 4 is 11.3 Å².